The molecule has 0 saturated carbocycles. The summed E-state index contributed by atoms with van der Waals surface area (Å²) in [6.07, 6.45) is 0.528. The normalized spacial score (nSPS) is 10.9. The van der Waals surface area contributed by atoms with Gasteiger partial charge in [0.25, 0.3) is 5.56 Å². The number of aryl methyl sites for hydroxylation is 1. The molecule has 1 N–H and O–H groups in total. The van der Waals surface area contributed by atoms with Gasteiger partial charge in [-0.15, -0.1) is 11.3 Å². The lowest BCUT2D eigenvalue weighted by molar-refractivity contribution is 0.0529. The van der Waals surface area contributed by atoms with Gasteiger partial charge in [-0.2, -0.15) is 0 Å². The number of ether oxygens (including phenoxy) is 1. The molecule has 0 atom stereocenters. The number of esters is 1. The Bertz CT molecular complexity index is 1070. The number of nitrogens with zero attached hydrogens (tertiary/aromatic N) is 1. The first-order valence-electron chi connectivity index (χ1n) is 8.61. The lowest BCUT2D eigenvalue weighted by atomic mass is 10.1. The molecule has 0 radical (unpaired) electrons. The van der Waals surface area contributed by atoms with E-state index in [1.54, 1.807) is 37.3 Å². The van der Waals surface area contributed by atoms with Crippen molar-refractivity contribution < 1.29 is 19.4 Å². The molecule has 0 unspecified atom stereocenters. The topological polar surface area (TPSA) is 85.6 Å². The highest BCUT2D eigenvalue weighted by Crippen LogP contribution is 2.35. The highest BCUT2D eigenvalue weighted by atomic mass is 32.1. The molecule has 0 spiro atoms. The summed E-state index contributed by atoms with van der Waals surface area (Å²) in [5, 5.41) is 10.5. The summed E-state index contributed by atoms with van der Waals surface area (Å²) in [4.78, 5) is 37.6. The van der Waals surface area contributed by atoms with Crippen LogP contribution in [0.25, 0.3) is 10.1 Å². The molecule has 1 aromatic carbocycles. The van der Waals surface area contributed by atoms with Gasteiger partial charge in [-0.05, 0) is 19.4 Å². The molecule has 0 fully saturated rings. The Morgan fingerprint density at radius 2 is 1.89 bits per heavy atom. The fourth-order valence-corrected chi connectivity index (χ4v) is 3.94. The number of aromatic nitrogens is 1. The van der Waals surface area contributed by atoms with Crippen LogP contribution < -0.4 is 5.56 Å². The number of rotatable bonds is 6. The smallest absolute Gasteiger partial charge is 0.352 e. The Balaban J connectivity index is 2.11. The predicted octanol–water partition coefficient (Wildman–Crippen LogP) is 3.39. The summed E-state index contributed by atoms with van der Waals surface area (Å²) in [6.45, 7) is 3.58. The summed E-state index contributed by atoms with van der Waals surface area (Å²) in [7, 11) is 0. The van der Waals surface area contributed by atoms with Gasteiger partial charge in [-0.25, -0.2) is 4.79 Å². The van der Waals surface area contributed by atoms with Gasteiger partial charge in [0.1, 0.15) is 5.39 Å². The number of hydrogen-bond donors (Lipinski definition) is 1. The number of fused-ring (bicyclic) bond motifs is 1. The Labute approximate surface area is 159 Å². The Morgan fingerprint density at radius 1 is 1.19 bits per heavy atom. The lowest BCUT2D eigenvalue weighted by Gasteiger charge is -2.11. The van der Waals surface area contributed by atoms with Gasteiger partial charge in [0.05, 0.1) is 13.2 Å². The molecule has 7 heteroatoms. The van der Waals surface area contributed by atoms with Crippen molar-refractivity contribution in [3.63, 3.8) is 0 Å². The molecule has 0 saturated heterocycles. The minimum atomic E-state index is -0.666. The van der Waals surface area contributed by atoms with E-state index >= 15 is 0 Å². The van der Waals surface area contributed by atoms with Crippen LogP contribution in [0, 0.1) is 0 Å². The van der Waals surface area contributed by atoms with Gasteiger partial charge in [0.15, 0.2) is 16.4 Å². The van der Waals surface area contributed by atoms with E-state index in [1.807, 2.05) is 13.0 Å². The second-order valence-corrected chi connectivity index (χ2v) is 6.96. The highest BCUT2D eigenvalue weighted by molar-refractivity contribution is 7.21. The Kier molecular flexibility index (Phi) is 5.41. The zero-order valence-corrected chi connectivity index (χ0v) is 15.8. The number of pyridine rings is 1. The second-order valence-electron chi connectivity index (χ2n) is 5.91. The van der Waals surface area contributed by atoms with Gasteiger partial charge in [0.2, 0.25) is 0 Å². The summed E-state index contributed by atoms with van der Waals surface area (Å²) in [5.74, 6) is -1.25. The van der Waals surface area contributed by atoms with E-state index in [0.717, 1.165) is 11.3 Å². The molecule has 2 aromatic heterocycles. The average Bonchev–Trinajstić information content (AvgIpc) is 3.01. The first kappa shape index (κ1) is 18.8. The maximum Gasteiger partial charge on any atom is 0.352 e. The fourth-order valence-electron chi connectivity index (χ4n) is 2.90. The maximum absolute atomic E-state index is 13.0. The van der Waals surface area contributed by atoms with Crippen LogP contribution in [0.4, 0.5) is 0 Å². The molecule has 0 bridgehead atoms. The highest BCUT2D eigenvalue weighted by Gasteiger charge is 2.23. The van der Waals surface area contributed by atoms with Crippen molar-refractivity contribution in [3.05, 3.63) is 62.9 Å². The molecule has 0 amide bonds. The van der Waals surface area contributed by atoms with Crippen LogP contribution in [0.5, 0.6) is 5.75 Å². The number of aromatic hydroxyl groups is 1. The van der Waals surface area contributed by atoms with E-state index in [-0.39, 0.29) is 34.9 Å². The molecular weight excluding hydrogens is 366 g/mol. The molecule has 0 aliphatic rings. The molecule has 27 heavy (non-hydrogen) atoms. The number of Topliss-reactive ketones (excluding diaryl/α,β-unsaturated/α-hetero) is 1. The van der Waals surface area contributed by atoms with Gasteiger partial charge in [-0.1, -0.05) is 37.3 Å². The van der Waals surface area contributed by atoms with Crippen molar-refractivity contribution in [1.29, 1.82) is 0 Å². The fraction of sp³-hybridized carbons (Fsp3) is 0.250. The quantitative estimate of drug-likeness (QED) is 0.519. The Morgan fingerprint density at radius 3 is 2.52 bits per heavy atom. The van der Waals surface area contributed by atoms with Gasteiger partial charge >= 0.3 is 5.97 Å². The summed E-state index contributed by atoms with van der Waals surface area (Å²) >= 11 is 1.02. The van der Waals surface area contributed by atoms with Crippen LogP contribution in [0.15, 0.2) is 41.2 Å². The monoisotopic (exact) mass is 385 g/mol. The van der Waals surface area contributed by atoms with E-state index in [9.17, 15) is 19.5 Å². The van der Waals surface area contributed by atoms with Gasteiger partial charge in [0, 0.05) is 16.0 Å². The van der Waals surface area contributed by atoms with Crippen molar-refractivity contribution in [1.82, 2.24) is 4.57 Å². The first-order chi connectivity index (χ1) is 13.0. The van der Waals surface area contributed by atoms with Crippen LogP contribution in [-0.2, 0) is 17.7 Å². The van der Waals surface area contributed by atoms with Crippen LogP contribution in [0.1, 0.15) is 39.6 Å². The summed E-state index contributed by atoms with van der Waals surface area (Å²) < 4.78 is 6.80. The number of carbonyl (C=O) groups excluding carboxylic acids is 2. The van der Waals surface area contributed by atoms with E-state index < -0.39 is 11.5 Å². The SMILES string of the molecule is CCOC(=O)c1sc2cc(CC)n(CC(=O)c3ccccc3)c(=O)c2c1O. The molecule has 3 aromatic rings. The first-order valence-corrected chi connectivity index (χ1v) is 9.43. The molecule has 0 aliphatic carbocycles. The van der Waals surface area contributed by atoms with Crippen molar-refractivity contribution in [2.24, 2.45) is 0 Å². The standard InChI is InChI=1S/C20H19NO5S/c1-3-13-10-15-16(17(23)18(27-15)20(25)26-4-2)19(24)21(13)11-14(22)12-8-6-5-7-9-12/h5-10,23H,3-4,11H2,1-2H3. The number of carbonyl (C=O) groups is 2. The average molecular weight is 385 g/mol. The van der Waals surface area contributed by atoms with E-state index in [4.69, 9.17) is 4.74 Å². The van der Waals surface area contributed by atoms with Crippen molar-refractivity contribution in [3.8, 4) is 5.75 Å². The molecule has 3 rings (SSSR count). The summed E-state index contributed by atoms with van der Waals surface area (Å²) in [6, 6.07) is 10.5. The van der Waals surface area contributed by atoms with Gasteiger partial charge < -0.3 is 14.4 Å². The zero-order chi connectivity index (χ0) is 19.6. The second kappa shape index (κ2) is 7.75. The third-order valence-electron chi connectivity index (χ3n) is 4.23. The number of thiophene rings is 1. The predicted molar refractivity (Wildman–Crippen MR) is 104 cm³/mol. The van der Waals surface area contributed by atoms with E-state index in [0.29, 0.717) is 22.4 Å². The Hall–Kier alpha value is -2.93. The number of ketones is 1. The van der Waals surface area contributed by atoms with E-state index in [1.165, 1.54) is 4.57 Å². The number of benzene rings is 1. The lowest BCUT2D eigenvalue weighted by Crippen LogP contribution is -2.27. The van der Waals surface area contributed by atoms with Crippen LogP contribution in [0.3, 0.4) is 0 Å². The van der Waals surface area contributed by atoms with Crippen LogP contribution >= 0.6 is 11.3 Å². The molecule has 6 nitrogen and oxygen atoms in total. The third-order valence-corrected chi connectivity index (χ3v) is 5.34. The minimum absolute atomic E-state index is 0.00172. The molecule has 2 heterocycles. The van der Waals surface area contributed by atoms with Crippen molar-refractivity contribution in [2.75, 3.05) is 6.61 Å². The zero-order valence-electron chi connectivity index (χ0n) is 15.0. The van der Waals surface area contributed by atoms with Crippen molar-refractivity contribution >= 4 is 33.2 Å². The largest absolute Gasteiger partial charge is 0.505 e. The third kappa shape index (κ3) is 3.50. The van der Waals surface area contributed by atoms with Crippen LogP contribution in [0.2, 0.25) is 0 Å². The van der Waals surface area contributed by atoms with Crippen molar-refractivity contribution in [2.45, 2.75) is 26.8 Å². The number of hydrogen-bond acceptors (Lipinski definition) is 6. The maximum atomic E-state index is 13.0. The molecule has 140 valence electrons. The van der Waals surface area contributed by atoms with E-state index in [2.05, 4.69) is 0 Å². The molecular formula is C20H19NO5S. The van der Waals surface area contributed by atoms with Gasteiger partial charge in [-0.3, -0.25) is 9.59 Å². The minimum Gasteiger partial charge on any atom is -0.505 e. The van der Waals surface area contributed by atoms with Crippen LogP contribution in [-0.4, -0.2) is 28.0 Å². The molecule has 0 aliphatic heterocycles. The summed E-state index contributed by atoms with van der Waals surface area (Å²) in [5.41, 5.74) is 0.680.